The molecule has 7 N–H and O–H groups in total. The summed E-state index contributed by atoms with van der Waals surface area (Å²) in [5.74, 6) is -6.86. The molecular weight excluding hydrogens is 765 g/mol. The second kappa shape index (κ2) is 20.1. The number of nitrogens with one attached hydrogen (secondary N) is 4. The van der Waals surface area contributed by atoms with Crippen LogP contribution in [-0.2, 0) is 54.5 Å². The zero-order valence-electron chi connectivity index (χ0n) is 32.6. The zero-order valence-corrected chi connectivity index (χ0v) is 32.6. The third kappa shape index (κ3) is 11.6. The van der Waals surface area contributed by atoms with Gasteiger partial charge in [0.2, 0.25) is 11.8 Å². The minimum Gasteiger partial charge on any atom is -0.481 e. The summed E-state index contributed by atoms with van der Waals surface area (Å²) in [5, 5.41) is 42.2. The lowest BCUT2D eigenvalue weighted by molar-refractivity contribution is -0.145. The van der Waals surface area contributed by atoms with Crippen molar-refractivity contribution in [1.82, 2.24) is 16.0 Å². The van der Waals surface area contributed by atoms with E-state index in [0.29, 0.717) is 22.3 Å². The molecule has 2 heterocycles. The molecule has 5 aromatic carbocycles. The van der Waals surface area contributed by atoms with Crippen LogP contribution in [0, 0.1) is 5.92 Å². The Balaban J connectivity index is 1.38. The maximum Gasteiger partial charge on any atom is 0.307 e. The smallest absolute Gasteiger partial charge is 0.307 e. The molecule has 0 radical (unpaired) electrons. The number of hydrogen-bond donors (Lipinski definition) is 7. The molecule has 60 heavy (non-hydrogen) atoms. The van der Waals surface area contributed by atoms with Crippen molar-refractivity contribution in [2.45, 2.75) is 62.4 Å². The topological polar surface area (TPSA) is 211 Å². The van der Waals surface area contributed by atoms with E-state index < -0.39 is 78.1 Å². The van der Waals surface area contributed by atoms with E-state index in [0.717, 1.165) is 11.1 Å². The zero-order chi connectivity index (χ0) is 42.6. The standard InChI is InChI=1S/C47H46N4O9/c52-40-28-35(47(59)60)24-31-18-22-36(23-19-31)48-45(57)41(53)42(54)46(58)51-39(26-30-12-6-2-7-13-30)44(56)50-38(43(55)49-37(40)25-29-10-4-1-5-11-29)27-32-16-20-34(21-17-32)33-14-8-3-9-15-33/h1-23,35,37-39,41-42,53-54H,24-28H2,(H,48,57)(H,49,55)(H,50,56)(H,51,58)(H,59,60)/t35-,37+,38-,39+,41+,42+/m0/s1. The summed E-state index contributed by atoms with van der Waals surface area (Å²) in [6.07, 6.45) is -5.17. The van der Waals surface area contributed by atoms with Gasteiger partial charge < -0.3 is 36.6 Å². The van der Waals surface area contributed by atoms with Crippen molar-refractivity contribution in [3.05, 3.63) is 162 Å². The predicted octanol–water partition coefficient (Wildman–Crippen LogP) is 3.41. The summed E-state index contributed by atoms with van der Waals surface area (Å²) in [5.41, 5.74) is 4.55. The fourth-order valence-electron chi connectivity index (χ4n) is 7.01. The third-order valence-corrected chi connectivity index (χ3v) is 10.4. The number of carboxylic acid groups (broad SMARTS) is 1. The van der Waals surface area contributed by atoms with Crippen LogP contribution < -0.4 is 21.3 Å². The number of carbonyl (C=O) groups is 6. The molecule has 13 nitrogen and oxygen atoms in total. The normalized spacial score (nSPS) is 22.1. The van der Waals surface area contributed by atoms with Gasteiger partial charge in [0.1, 0.15) is 12.1 Å². The van der Waals surface area contributed by atoms with E-state index in [4.69, 9.17) is 0 Å². The lowest BCUT2D eigenvalue weighted by Crippen LogP contribution is -2.59. The van der Waals surface area contributed by atoms with E-state index in [1.807, 2.05) is 54.6 Å². The molecule has 5 aromatic rings. The van der Waals surface area contributed by atoms with Crippen LogP contribution in [0.4, 0.5) is 5.69 Å². The first kappa shape index (κ1) is 42.6. The number of anilines is 1. The Morgan fingerprint density at radius 1 is 0.483 bits per heavy atom. The average Bonchev–Trinajstić information content (AvgIpc) is 3.26. The molecule has 2 aliphatic heterocycles. The third-order valence-electron chi connectivity index (χ3n) is 10.4. The van der Waals surface area contributed by atoms with Crippen molar-refractivity contribution in [2.75, 3.05) is 5.32 Å². The first-order valence-corrected chi connectivity index (χ1v) is 19.6. The Morgan fingerprint density at radius 3 is 1.45 bits per heavy atom. The minimum absolute atomic E-state index is 0.0332. The highest BCUT2D eigenvalue weighted by Gasteiger charge is 2.35. The van der Waals surface area contributed by atoms with Crippen molar-refractivity contribution >= 4 is 41.1 Å². The van der Waals surface area contributed by atoms with Gasteiger partial charge in [-0.15, -0.1) is 0 Å². The van der Waals surface area contributed by atoms with Crippen molar-refractivity contribution in [3.63, 3.8) is 0 Å². The Labute approximate surface area is 346 Å². The summed E-state index contributed by atoms with van der Waals surface area (Å²) < 4.78 is 0. The fraction of sp³-hybridized carbons (Fsp3) is 0.234. The number of aliphatic hydroxyl groups excluding tert-OH is 2. The van der Waals surface area contributed by atoms with Gasteiger partial charge in [-0.2, -0.15) is 0 Å². The van der Waals surface area contributed by atoms with Crippen molar-refractivity contribution in [3.8, 4) is 11.1 Å². The number of aliphatic hydroxyl groups is 2. The maximum absolute atomic E-state index is 14.5. The number of aliphatic carboxylic acids is 1. The van der Waals surface area contributed by atoms with E-state index in [1.165, 1.54) is 12.1 Å². The van der Waals surface area contributed by atoms with Gasteiger partial charge in [0, 0.05) is 24.9 Å². The SMILES string of the molecule is O=C(O)[C@@H]1CC(=O)[C@@H](Cc2ccccc2)NC(=O)[C@H](Cc2ccc(-c3ccccc3)cc2)NC(=O)[C@@H](Cc2ccccc2)NC(=O)[C@H](O)[C@@H](O)C(=O)Nc2ccc(cc2)C1. The summed E-state index contributed by atoms with van der Waals surface area (Å²) >= 11 is 0. The molecule has 0 saturated heterocycles. The number of benzene rings is 5. The van der Waals surface area contributed by atoms with Gasteiger partial charge >= 0.3 is 5.97 Å². The molecule has 13 heteroatoms. The lowest BCUT2D eigenvalue weighted by Gasteiger charge is -2.27. The Hall–Kier alpha value is -6.96. The van der Waals surface area contributed by atoms with Gasteiger partial charge in [-0.3, -0.25) is 28.8 Å². The van der Waals surface area contributed by atoms with E-state index in [9.17, 15) is 44.1 Å². The molecule has 308 valence electrons. The first-order valence-electron chi connectivity index (χ1n) is 19.6. The molecule has 7 rings (SSSR count). The van der Waals surface area contributed by atoms with E-state index in [-0.39, 0.29) is 31.4 Å². The molecule has 4 amide bonds. The van der Waals surface area contributed by atoms with Crippen LogP contribution in [0.5, 0.6) is 0 Å². The number of ketones is 1. The van der Waals surface area contributed by atoms with Gasteiger partial charge in [0.05, 0.1) is 12.0 Å². The molecule has 6 atom stereocenters. The summed E-state index contributed by atoms with van der Waals surface area (Å²) in [4.78, 5) is 81.8. The molecule has 0 aliphatic carbocycles. The van der Waals surface area contributed by atoms with E-state index in [2.05, 4.69) is 21.3 Å². The van der Waals surface area contributed by atoms with Gasteiger partial charge in [0.15, 0.2) is 18.0 Å². The largest absolute Gasteiger partial charge is 0.481 e. The highest BCUT2D eigenvalue weighted by atomic mass is 16.4. The molecule has 0 saturated carbocycles. The van der Waals surface area contributed by atoms with Crippen LogP contribution in [0.3, 0.4) is 0 Å². The van der Waals surface area contributed by atoms with Crippen LogP contribution >= 0.6 is 0 Å². The summed E-state index contributed by atoms with van der Waals surface area (Å²) in [7, 11) is 0. The summed E-state index contributed by atoms with van der Waals surface area (Å²) in [6, 6.07) is 36.6. The number of carbonyl (C=O) groups excluding carboxylic acids is 5. The number of fused-ring (bicyclic) bond motifs is 18. The number of hydrogen-bond acceptors (Lipinski definition) is 8. The summed E-state index contributed by atoms with van der Waals surface area (Å²) in [6.45, 7) is 0. The number of rotatable bonds is 8. The molecule has 0 aromatic heterocycles. The predicted molar refractivity (Wildman–Crippen MR) is 223 cm³/mol. The van der Waals surface area contributed by atoms with Crippen LogP contribution in [0.15, 0.2) is 140 Å². The van der Waals surface area contributed by atoms with Gasteiger partial charge in [-0.1, -0.05) is 127 Å². The highest BCUT2D eigenvalue weighted by Crippen LogP contribution is 2.22. The number of Topliss-reactive ketones (excluding diaryl/α,β-unsaturated/α-hetero) is 1. The fourth-order valence-corrected chi connectivity index (χ4v) is 7.01. The molecule has 2 bridgehead atoms. The monoisotopic (exact) mass is 810 g/mol. The van der Waals surface area contributed by atoms with Crippen LogP contribution in [0.1, 0.15) is 28.7 Å². The van der Waals surface area contributed by atoms with Crippen molar-refractivity contribution in [1.29, 1.82) is 0 Å². The molecule has 0 fully saturated rings. The maximum atomic E-state index is 14.5. The Morgan fingerprint density at radius 2 is 0.917 bits per heavy atom. The second-order valence-corrected chi connectivity index (χ2v) is 14.8. The highest BCUT2D eigenvalue weighted by molar-refractivity contribution is 6.00. The van der Waals surface area contributed by atoms with Crippen LogP contribution in [0.2, 0.25) is 0 Å². The minimum atomic E-state index is -2.30. The van der Waals surface area contributed by atoms with Crippen molar-refractivity contribution < 1.29 is 44.1 Å². The van der Waals surface area contributed by atoms with E-state index >= 15 is 0 Å². The molecule has 2 aliphatic rings. The first-order chi connectivity index (χ1) is 28.9. The van der Waals surface area contributed by atoms with E-state index in [1.54, 1.807) is 72.8 Å². The molecule has 0 spiro atoms. The van der Waals surface area contributed by atoms with Crippen molar-refractivity contribution in [2.24, 2.45) is 5.92 Å². The Kier molecular flexibility index (Phi) is 14.3. The van der Waals surface area contributed by atoms with Gasteiger partial charge in [-0.25, -0.2) is 0 Å². The second-order valence-electron chi connectivity index (χ2n) is 14.8. The average molecular weight is 811 g/mol. The molecule has 0 unspecified atom stereocenters. The van der Waals surface area contributed by atoms with Crippen LogP contribution in [0.25, 0.3) is 11.1 Å². The quantitative estimate of drug-likeness (QED) is 0.114. The van der Waals surface area contributed by atoms with Gasteiger partial charge in [0.25, 0.3) is 11.8 Å². The number of carboxylic acids is 1. The number of amides is 4. The molecular formula is C47H46N4O9. The van der Waals surface area contributed by atoms with Gasteiger partial charge in [-0.05, 0) is 58.4 Å². The lowest BCUT2D eigenvalue weighted by atomic mass is 9.90. The Bertz CT molecular complexity index is 2270. The van der Waals surface area contributed by atoms with Crippen LogP contribution in [-0.4, -0.2) is 81.0 Å².